The Balaban J connectivity index is 2.09. The standard InChI is InChI=1S/C15H21NO2/c1-15(18,13-8-3-2-4-9-13)11-12-7-5-6-10-16-14(12)17/h2-4,8-9,12,18H,5-7,10-11H2,1H3,(H,16,17). The number of nitrogens with one attached hydrogen (secondary N) is 1. The molecule has 0 bridgehead atoms. The maximum absolute atomic E-state index is 11.9. The minimum atomic E-state index is -0.937. The zero-order valence-corrected chi connectivity index (χ0v) is 10.9. The number of rotatable bonds is 3. The van der Waals surface area contributed by atoms with Crippen molar-refractivity contribution in [3.8, 4) is 0 Å². The summed E-state index contributed by atoms with van der Waals surface area (Å²) in [6.07, 6.45) is 3.45. The third kappa shape index (κ3) is 3.10. The van der Waals surface area contributed by atoms with Crippen LogP contribution in [0.1, 0.15) is 38.2 Å². The summed E-state index contributed by atoms with van der Waals surface area (Å²) < 4.78 is 0. The molecule has 0 aromatic heterocycles. The van der Waals surface area contributed by atoms with Crippen LogP contribution in [0, 0.1) is 5.92 Å². The Labute approximate surface area is 108 Å². The summed E-state index contributed by atoms with van der Waals surface area (Å²) >= 11 is 0. The lowest BCUT2D eigenvalue weighted by atomic mass is 9.84. The molecule has 0 saturated carbocycles. The van der Waals surface area contributed by atoms with E-state index in [9.17, 15) is 9.90 Å². The van der Waals surface area contributed by atoms with Crippen LogP contribution in [0.3, 0.4) is 0 Å². The molecule has 3 heteroatoms. The predicted octanol–water partition coefficient (Wildman–Crippen LogP) is 2.20. The molecule has 2 unspecified atom stereocenters. The van der Waals surface area contributed by atoms with E-state index in [0.29, 0.717) is 6.42 Å². The monoisotopic (exact) mass is 247 g/mol. The molecular formula is C15H21NO2. The van der Waals surface area contributed by atoms with Gasteiger partial charge in [0.05, 0.1) is 5.60 Å². The molecule has 2 atom stereocenters. The highest BCUT2D eigenvalue weighted by atomic mass is 16.3. The van der Waals surface area contributed by atoms with Crippen LogP contribution in [0.2, 0.25) is 0 Å². The second-order valence-electron chi connectivity index (χ2n) is 5.33. The summed E-state index contributed by atoms with van der Waals surface area (Å²) in [4.78, 5) is 11.9. The molecule has 1 aliphatic rings. The average Bonchev–Trinajstić information content (AvgIpc) is 2.56. The van der Waals surface area contributed by atoms with Gasteiger partial charge in [-0.1, -0.05) is 36.8 Å². The van der Waals surface area contributed by atoms with Gasteiger partial charge in [-0.3, -0.25) is 4.79 Å². The quantitative estimate of drug-likeness (QED) is 0.860. The van der Waals surface area contributed by atoms with Gasteiger partial charge in [0.2, 0.25) is 5.91 Å². The van der Waals surface area contributed by atoms with Gasteiger partial charge in [-0.15, -0.1) is 0 Å². The van der Waals surface area contributed by atoms with E-state index in [2.05, 4.69) is 5.32 Å². The number of benzene rings is 1. The highest BCUT2D eigenvalue weighted by Crippen LogP contribution is 2.31. The summed E-state index contributed by atoms with van der Waals surface area (Å²) in [5.41, 5.74) is -0.0600. The van der Waals surface area contributed by atoms with Gasteiger partial charge >= 0.3 is 0 Å². The molecule has 3 nitrogen and oxygen atoms in total. The maximum atomic E-state index is 11.9. The van der Waals surface area contributed by atoms with Crippen LogP contribution in [0.15, 0.2) is 30.3 Å². The fourth-order valence-corrected chi connectivity index (χ4v) is 2.59. The van der Waals surface area contributed by atoms with E-state index in [1.54, 1.807) is 6.92 Å². The second kappa shape index (κ2) is 5.53. The fourth-order valence-electron chi connectivity index (χ4n) is 2.59. The lowest BCUT2D eigenvalue weighted by molar-refractivity contribution is -0.127. The van der Waals surface area contributed by atoms with Crippen molar-refractivity contribution < 1.29 is 9.90 Å². The normalized spacial score (nSPS) is 23.9. The Bertz CT molecular complexity index is 400. The topological polar surface area (TPSA) is 49.3 Å². The Morgan fingerprint density at radius 3 is 2.78 bits per heavy atom. The van der Waals surface area contributed by atoms with Gasteiger partial charge in [0.1, 0.15) is 0 Å². The number of hydrogen-bond donors (Lipinski definition) is 2. The van der Waals surface area contributed by atoms with Crippen molar-refractivity contribution >= 4 is 5.91 Å². The van der Waals surface area contributed by atoms with Crippen molar-refractivity contribution in [1.82, 2.24) is 5.32 Å². The first-order chi connectivity index (χ1) is 8.59. The van der Waals surface area contributed by atoms with E-state index >= 15 is 0 Å². The Hall–Kier alpha value is -1.35. The summed E-state index contributed by atoms with van der Waals surface area (Å²) in [6, 6.07) is 9.58. The van der Waals surface area contributed by atoms with Crippen LogP contribution < -0.4 is 5.32 Å². The Kier molecular flexibility index (Phi) is 4.02. The third-order valence-electron chi connectivity index (χ3n) is 3.69. The average molecular weight is 247 g/mol. The van der Waals surface area contributed by atoms with E-state index < -0.39 is 5.60 Å². The van der Waals surface area contributed by atoms with E-state index in [0.717, 1.165) is 31.4 Å². The van der Waals surface area contributed by atoms with E-state index in [1.807, 2.05) is 30.3 Å². The molecule has 98 valence electrons. The SMILES string of the molecule is CC(O)(CC1CCCCNC1=O)c1ccccc1. The van der Waals surface area contributed by atoms with Crippen LogP contribution in [0.5, 0.6) is 0 Å². The van der Waals surface area contributed by atoms with Crippen molar-refractivity contribution in [3.05, 3.63) is 35.9 Å². The van der Waals surface area contributed by atoms with Crippen molar-refractivity contribution in [2.75, 3.05) is 6.54 Å². The molecule has 1 heterocycles. The van der Waals surface area contributed by atoms with Crippen LogP contribution in [0.4, 0.5) is 0 Å². The third-order valence-corrected chi connectivity index (χ3v) is 3.69. The minimum absolute atomic E-state index is 0.0808. The zero-order chi connectivity index (χ0) is 13.0. The summed E-state index contributed by atoms with van der Waals surface area (Å²) in [5, 5.41) is 13.5. The summed E-state index contributed by atoms with van der Waals surface area (Å²) in [7, 11) is 0. The first-order valence-corrected chi connectivity index (χ1v) is 6.65. The molecule has 1 aromatic carbocycles. The molecule has 1 saturated heterocycles. The fraction of sp³-hybridized carbons (Fsp3) is 0.533. The van der Waals surface area contributed by atoms with Crippen molar-refractivity contribution in [2.45, 2.75) is 38.2 Å². The van der Waals surface area contributed by atoms with Crippen LogP contribution in [-0.4, -0.2) is 17.6 Å². The second-order valence-corrected chi connectivity index (χ2v) is 5.33. The van der Waals surface area contributed by atoms with Crippen molar-refractivity contribution in [2.24, 2.45) is 5.92 Å². The first-order valence-electron chi connectivity index (χ1n) is 6.65. The molecule has 2 N–H and O–H groups in total. The minimum Gasteiger partial charge on any atom is -0.385 e. The maximum Gasteiger partial charge on any atom is 0.223 e. The van der Waals surface area contributed by atoms with Gasteiger partial charge in [-0.05, 0) is 31.7 Å². The van der Waals surface area contributed by atoms with E-state index in [-0.39, 0.29) is 11.8 Å². The van der Waals surface area contributed by atoms with Crippen LogP contribution >= 0.6 is 0 Å². The van der Waals surface area contributed by atoms with Gasteiger partial charge in [0.15, 0.2) is 0 Å². The first kappa shape index (κ1) is 13.1. The number of aliphatic hydroxyl groups is 1. The molecule has 0 radical (unpaired) electrons. The van der Waals surface area contributed by atoms with Gasteiger partial charge in [-0.25, -0.2) is 0 Å². The summed E-state index contributed by atoms with van der Waals surface area (Å²) in [6.45, 7) is 2.56. The molecule has 18 heavy (non-hydrogen) atoms. The van der Waals surface area contributed by atoms with Crippen LogP contribution in [0.25, 0.3) is 0 Å². The van der Waals surface area contributed by atoms with E-state index in [4.69, 9.17) is 0 Å². The molecule has 2 rings (SSSR count). The Morgan fingerprint density at radius 2 is 2.06 bits per heavy atom. The lowest BCUT2D eigenvalue weighted by Crippen LogP contribution is -2.34. The lowest BCUT2D eigenvalue weighted by Gasteiger charge is -2.27. The number of carbonyl (C=O) groups excluding carboxylic acids is 1. The molecule has 1 fully saturated rings. The van der Waals surface area contributed by atoms with Gasteiger partial charge in [0.25, 0.3) is 0 Å². The molecule has 1 aliphatic heterocycles. The zero-order valence-electron chi connectivity index (χ0n) is 10.9. The molecule has 1 amide bonds. The predicted molar refractivity (Wildman–Crippen MR) is 71.0 cm³/mol. The molecule has 0 aliphatic carbocycles. The largest absolute Gasteiger partial charge is 0.385 e. The van der Waals surface area contributed by atoms with Crippen molar-refractivity contribution in [1.29, 1.82) is 0 Å². The number of amides is 1. The smallest absolute Gasteiger partial charge is 0.223 e. The number of carbonyl (C=O) groups is 1. The molecule has 1 aromatic rings. The van der Waals surface area contributed by atoms with Gasteiger partial charge in [-0.2, -0.15) is 0 Å². The highest BCUT2D eigenvalue weighted by Gasteiger charge is 2.31. The highest BCUT2D eigenvalue weighted by molar-refractivity contribution is 5.78. The van der Waals surface area contributed by atoms with Crippen molar-refractivity contribution in [3.63, 3.8) is 0 Å². The van der Waals surface area contributed by atoms with Crippen LogP contribution in [-0.2, 0) is 10.4 Å². The van der Waals surface area contributed by atoms with Gasteiger partial charge in [0, 0.05) is 12.5 Å². The Morgan fingerprint density at radius 1 is 1.33 bits per heavy atom. The number of hydrogen-bond acceptors (Lipinski definition) is 2. The summed E-state index contributed by atoms with van der Waals surface area (Å²) in [5.74, 6) is 0.00594. The molecular weight excluding hydrogens is 226 g/mol. The molecule has 0 spiro atoms. The van der Waals surface area contributed by atoms with Gasteiger partial charge < -0.3 is 10.4 Å². The van der Waals surface area contributed by atoms with E-state index in [1.165, 1.54) is 0 Å².